The second-order valence-electron chi connectivity index (χ2n) is 5.62. The number of hydrogen-bond donors (Lipinski definition) is 1. The minimum atomic E-state index is -3.83. The summed E-state index contributed by atoms with van der Waals surface area (Å²) < 4.78 is 61.0. The average Bonchev–Trinajstić information content (AvgIpc) is 3.09. The van der Waals surface area contributed by atoms with Crippen LogP contribution in [0.4, 0.5) is 13.2 Å². The van der Waals surface area contributed by atoms with Crippen LogP contribution in [0.3, 0.4) is 0 Å². The molecule has 0 spiro atoms. The highest BCUT2D eigenvalue weighted by atomic mass is 32.2. The summed E-state index contributed by atoms with van der Waals surface area (Å²) in [5, 5.41) is 9.08. The lowest BCUT2D eigenvalue weighted by Gasteiger charge is -2.08. The van der Waals surface area contributed by atoms with Crippen LogP contribution in [0.25, 0.3) is 16.9 Å². The molecule has 0 saturated heterocycles. The molecule has 1 aromatic heterocycles. The molecule has 3 rings (SSSR count). The van der Waals surface area contributed by atoms with E-state index in [0.29, 0.717) is 24.1 Å². The fourth-order valence-corrected chi connectivity index (χ4v) is 2.90. The third-order valence-corrected chi connectivity index (χ3v) is 4.57. The molecule has 0 bridgehead atoms. The molecule has 144 valence electrons. The smallest absolute Gasteiger partial charge is 0.255 e. The first-order valence-electron chi connectivity index (χ1n) is 7.71. The monoisotopic (exact) mass is 397 g/mol. The highest BCUT2D eigenvalue weighted by molar-refractivity contribution is 7.89. The Morgan fingerprint density at radius 2 is 1.56 bits per heavy atom. The molecule has 0 atom stereocenters. The van der Waals surface area contributed by atoms with E-state index in [1.165, 1.54) is 35.0 Å². The molecule has 3 aromatic rings. The molecule has 0 aliphatic rings. The summed E-state index contributed by atoms with van der Waals surface area (Å²) in [4.78, 5) is -0.0642. The Morgan fingerprint density at radius 3 is 2.04 bits per heavy atom. The first kappa shape index (κ1) is 20.7. The second kappa shape index (κ2) is 7.93. The Bertz CT molecular complexity index is 997. The molecule has 1 heterocycles. The number of aromatic nitrogens is 2. The molecule has 5 nitrogen and oxygen atoms in total. The molecule has 9 heteroatoms. The topological polar surface area (TPSA) is 78.0 Å². The van der Waals surface area contributed by atoms with Gasteiger partial charge in [0.25, 0.3) is 5.92 Å². The van der Waals surface area contributed by atoms with Gasteiger partial charge in [0.15, 0.2) is 0 Å². The van der Waals surface area contributed by atoms with Crippen LogP contribution in [-0.4, -0.2) is 25.4 Å². The fraction of sp³-hybridized carbons (Fsp3) is 0.167. The largest absolute Gasteiger partial charge is 0.288 e. The van der Waals surface area contributed by atoms with Crippen LogP contribution < -0.4 is 5.14 Å². The number of nitrogens with two attached hydrogens (primary N) is 1. The average molecular weight is 397 g/mol. The Hall–Kier alpha value is -2.65. The van der Waals surface area contributed by atoms with E-state index in [-0.39, 0.29) is 10.6 Å². The van der Waals surface area contributed by atoms with Crippen LogP contribution in [0, 0.1) is 0 Å². The molecule has 2 N–H and O–H groups in total. The summed E-state index contributed by atoms with van der Waals surface area (Å²) in [5.41, 5.74) is 1.25. The molecule has 0 aliphatic carbocycles. The molecule has 0 radical (unpaired) electrons. The fourth-order valence-electron chi connectivity index (χ4n) is 2.38. The van der Waals surface area contributed by atoms with Gasteiger partial charge in [-0.1, -0.05) is 30.3 Å². The molecular weight excluding hydrogens is 379 g/mol. The minimum Gasteiger partial charge on any atom is -0.255 e. The number of primary sulfonamides is 1. The number of halogens is 3. The van der Waals surface area contributed by atoms with Gasteiger partial charge < -0.3 is 0 Å². The van der Waals surface area contributed by atoms with Crippen molar-refractivity contribution in [2.24, 2.45) is 5.14 Å². The summed E-state index contributed by atoms with van der Waals surface area (Å²) in [6.07, 6.45) is 0. The number of rotatable bonds is 4. The Kier molecular flexibility index (Phi) is 6.07. The quantitative estimate of drug-likeness (QED) is 0.726. The summed E-state index contributed by atoms with van der Waals surface area (Å²) in [7, 11) is -3.33. The number of benzene rings is 2. The van der Waals surface area contributed by atoms with Gasteiger partial charge in [-0.3, -0.25) is 4.39 Å². The lowest BCUT2D eigenvalue weighted by molar-refractivity contribution is 0.0124. The van der Waals surface area contributed by atoms with Gasteiger partial charge in [0.2, 0.25) is 10.0 Å². The second-order valence-corrected chi connectivity index (χ2v) is 7.18. The van der Waals surface area contributed by atoms with Crippen molar-refractivity contribution in [1.29, 1.82) is 0 Å². The summed E-state index contributed by atoms with van der Waals surface area (Å²) in [6, 6.07) is 15.8. The van der Waals surface area contributed by atoms with E-state index in [0.717, 1.165) is 6.92 Å². The Morgan fingerprint density at radius 1 is 1.00 bits per heavy atom. The van der Waals surface area contributed by atoms with Crippen molar-refractivity contribution in [3.8, 4) is 16.9 Å². The third-order valence-electron chi connectivity index (χ3n) is 3.64. The lowest BCUT2D eigenvalue weighted by atomic mass is 10.1. The van der Waals surface area contributed by atoms with E-state index in [9.17, 15) is 21.6 Å². The maximum absolute atomic E-state index is 13.7. The first-order chi connectivity index (χ1) is 12.7. The van der Waals surface area contributed by atoms with Crippen molar-refractivity contribution in [3.63, 3.8) is 0 Å². The standard InChI is InChI=1S/C17H15F2N3O2S.CH3F/c1-17(18,19)16-11-15(12-5-3-2-4-6-12)22(21-16)13-7-9-14(10-8-13)25(20,23)24;1-2/h2-11H,1H3,(H2,20,23,24);1H3. The van der Waals surface area contributed by atoms with Crippen molar-refractivity contribution in [1.82, 2.24) is 9.78 Å². The molecule has 0 fully saturated rings. The van der Waals surface area contributed by atoms with Gasteiger partial charge in [-0.2, -0.15) is 13.9 Å². The predicted molar refractivity (Wildman–Crippen MR) is 97.0 cm³/mol. The van der Waals surface area contributed by atoms with Crippen molar-refractivity contribution in [2.45, 2.75) is 17.7 Å². The van der Waals surface area contributed by atoms with Crippen LogP contribution in [0.15, 0.2) is 65.6 Å². The molecular formula is C18H18F3N3O2S. The van der Waals surface area contributed by atoms with Crippen molar-refractivity contribution < 1.29 is 21.6 Å². The van der Waals surface area contributed by atoms with E-state index in [2.05, 4.69) is 5.10 Å². The van der Waals surface area contributed by atoms with E-state index in [4.69, 9.17) is 5.14 Å². The highest BCUT2D eigenvalue weighted by Gasteiger charge is 2.29. The minimum absolute atomic E-state index is 0.0642. The van der Waals surface area contributed by atoms with Crippen molar-refractivity contribution in [2.75, 3.05) is 7.18 Å². The summed E-state index contributed by atoms with van der Waals surface area (Å²) in [5.74, 6) is -3.10. The van der Waals surface area contributed by atoms with Crippen LogP contribution in [-0.2, 0) is 15.9 Å². The van der Waals surface area contributed by atoms with Crippen molar-refractivity contribution >= 4 is 10.0 Å². The third kappa shape index (κ3) is 4.75. The maximum Gasteiger partial charge on any atom is 0.288 e. The first-order valence-corrected chi connectivity index (χ1v) is 9.26. The van der Waals surface area contributed by atoms with Gasteiger partial charge in [0.05, 0.1) is 23.5 Å². The molecule has 2 aromatic carbocycles. The van der Waals surface area contributed by atoms with Gasteiger partial charge in [-0.15, -0.1) is 0 Å². The van der Waals surface area contributed by atoms with Gasteiger partial charge in [0.1, 0.15) is 5.69 Å². The van der Waals surface area contributed by atoms with E-state index >= 15 is 0 Å². The zero-order valence-electron chi connectivity index (χ0n) is 14.6. The number of sulfonamides is 1. The van der Waals surface area contributed by atoms with E-state index in [1.807, 2.05) is 6.07 Å². The van der Waals surface area contributed by atoms with Gasteiger partial charge >= 0.3 is 0 Å². The van der Waals surface area contributed by atoms with Gasteiger partial charge in [-0.25, -0.2) is 18.2 Å². The van der Waals surface area contributed by atoms with E-state index in [1.54, 1.807) is 24.3 Å². The Balaban J connectivity index is 0.00000126. The normalized spacial score (nSPS) is 11.6. The number of hydrogen-bond acceptors (Lipinski definition) is 3. The molecule has 0 amide bonds. The lowest BCUT2D eigenvalue weighted by Crippen LogP contribution is -2.12. The Labute approximate surface area is 155 Å². The molecule has 0 aliphatic heterocycles. The number of nitrogens with zero attached hydrogens (tertiary/aromatic N) is 2. The van der Waals surface area contributed by atoms with Crippen LogP contribution in [0.1, 0.15) is 12.6 Å². The van der Waals surface area contributed by atoms with Crippen LogP contribution in [0.5, 0.6) is 0 Å². The molecule has 27 heavy (non-hydrogen) atoms. The van der Waals surface area contributed by atoms with Crippen LogP contribution in [0.2, 0.25) is 0 Å². The highest BCUT2D eigenvalue weighted by Crippen LogP contribution is 2.31. The summed E-state index contributed by atoms with van der Waals surface area (Å²) >= 11 is 0. The zero-order valence-corrected chi connectivity index (χ0v) is 15.4. The van der Waals surface area contributed by atoms with Crippen molar-refractivity contribution in [3.05, 3.63) is 66.4 Å². The SMILES string of the molecule is CC(F)(F)c1cc(-c2ccccc2)n(-c2ccc(S(N)(=O)=O)cc2)n1.CF. The van der Waals surface area contributed by atoms with Crippen LogP contribution >= 0.6 is 0 Å². The zero-order chi connectivity index (χ0) is 20.2. The maximum atomic E-state index is 13.7. The van der Waals surface area contributed by atoms with Gasteiger partial charge in [-0.05, 0) is 30.3 Å². The van der Waals surface area contributed by atoms with Gasteiger partial charge in [0, 0.05) is 12.5 Å². The number of alkyl halides is 3. The van der Waals surface area contributed by atoms with E-state index < -0.39 is 15.9 Å². The molecule has 0 saturated carbocycles. The predicted octanol–water partition coefficient (Wildman–Crippen LogP) is 3.88. The molecule has 0 unspecified atom stereocenters. The summed E-state index contributed by atoms with van der Waals surface area (Å²) in [6.45, 7) is 0.776.